The summed E-state index contributed by atoms with van der Waals surface area (Å²) in [5.41, 5.74) is 21.2. The van der Waals surface area contributed by atoms with Gasteiger partial charge < -0.3 is 15.4 Å². The normalized spacial score (nSPS) is 29.8. The van der Waals surface area contributed by atoms with Crippen LogP contribution in [0, 0.1) is 11.7 Å². The topological polar surface area (TPSA) is 97.0 Å². The summed E-state index contributed by atoms with van der Waals surface area (Å²) in [6, 6.07) is 5.25. The van der Waals surface area contributed by atoms with Gasteiger partial charge in [0.2, 0.25) is 0 Å². The second-order valence-corrected chi connectivity index (χ2v) is 9.76. The third kappa shape index (κ3) is 4.89. The lowest BCUT2D eigenvalue weighted by molar-refractivity contribution is -0.0922. The van der Waals surface area contributed by atoms with Crippen molar-refractivity contribution in [1.82, 2.24) is 9.80 Å². The van der Waals surface area contributed by atoms with Crippen LogP contribution in [0.2, 0.25) is 0 Å². The maximum atomic E-state index is 14.6. The second kappa shape index (κ2) is 10.7. The molecule has 0 radical (unpaired) electrons. The van der Waals surface area contributed by atoms with E-state index in [1.165, 1.54) is 71.0 Å². The number of anilines is 1. The quantitative estimate of drug-likeness (QED) is 0.595. The summed E-state index contributed by atoms with van der Waals surface area (Å²) < 4.78 is 19.7. The first-order valence-corrected chi connectivity index (χ1v) is 12.4. The molecule has 7 nitrogen and oxygen atoms in total. The second-order valence-electron chi connectivity index (χ2n) is 9.76. The van der Waals surface area contributed by atoms with Crippen molar-refractivity contribution in [3.05, 3.63) is 24.0 Å². The number of hydrogen-bond donors (Lipinski definition) is 3. The lowest BCUT2D eigenvalue weighted by atomic mass is 9.89. The number of halogens is 1. The average Bonchev–Trinajstić information content (AvgIpc) is 3.07. The monoisotopic (exact) mass is 448 g/mol. The third-order valence-corrected chi connectivity index (χ3v) is 7.73. The molecule has 4 rings (SSSR count). The first-order chi connectivity index (χ1) is 15.5. The van der Waals surface area contributed by atoms with Gasteiger partial charge in [-0.1, -0.05) is 44.9 Å². The molecule has 3 fully saturated rings. The molecular weight excluding hydrogens is 407 g/mol. The van der Waals surface area contributed by atoms with E-state index in [1.54, 1.807) is 6.07 Å². The highest BCUT2D eigenvalue weighted by Gasteiger charge is 2.45. The highest BCUT2D eigenvalue weighted by atomic mass is 19.1. The molecule has 3 unspecified atom stereocenters. The molecule has 2 aliphatic carbocycles. The molecule has 1 aliphatic heterocycles. The smallest absolute Gasteiger partial charge is 0.167 e. The van der Waals surface area contributed by atoms with Crippen LogP contribution in [0.1, 0.15) is 70.6 Å². The molecule has 0 aromatic heterocycles. The SMILES string of the molecule is COc1ccc(N2C(N)N(CC3CCCCC3)C(N)N(C3CCCCCC3)C2N)cc1F. The Hall–Kier alpha value is -1.45. The molecule has 8 heteroatoms. The Morgan fingerprint density at radius 1 is 0.875 bits per heavy atom. The van der Waals surface area contributed by atoms with E-state index in [0.29, 0.717) is 17.6 Å². The van der Waals surface area contributed by atoms with Crippen LogP contribution >= 0.6 is 0 Å². The van der Waals surface area contributed by atoms with Crippen molar-refractivity contribution >= 4 is 5.69 Å². The van der Waals surface area contributed by atoms with Crippen LogP contribution in [0.15, 0.2) is 18.2 Å². The fourth-order valence-corrected chi connectivity index (χ4v) is 5.94. The zero-order valence-electron chi connectivity index (χ0n) is 19.5. The van der Waals surface area contributed by atoms with E-state index in [4.69, 9.17) is 21.9 Å². The van der Waals surface area contributed by atoms with Crippen LogP contribution in [-0.2, 0) is 0 Å². The van der Waals surface area contributed by atoms with Crippen LogP contribution in [-0.4, -0.2) is 48.4 Å². The van der Waals surface area contributed by atoms with Crippen molar-refractivity contribution < 1.29 is 9.13 Å². The molecule has 1 heterocycles. The maximum absolute atomic E-state index is 14.6. The van der Waals surface area contributed by atoms with Crippen LogP contribution in [0.4, 0.5) is 10.1 Å². The van der Waals surface area contributed by atoms with Crippen LogP contribution < -0.4 is 26.8 Å². The molecule has 0 spiro atoms. The largest absolute Gasteiger partial charge is 0.494 e. The lowest BCUT2D eigenvalue weighted by Crippen LogP contribution is -2.80. The molecule has 2 saturated carbocycles. The van der Waals surface area contributed by atoms with Gasteiger partial charge in [0.05, 0.1) is 7.11 Å². The highest BCUT2D eigenvalue weighted by Crippen LogP contribution is 2.35. The minimum atomic E-state index is -0.517. The summed E-state index contributed by atoms with van der Waals surface area (Å²) in [7, 11) is 1.47. The van der Waals surface area contributed by atoms with Gasteiger partial charge in [-0.2, -0.15) is 0 Å². The van der Waals surface area contributed by atoms with Crippen molar-refractivity contribution in [3.63, 3.8) is 0 Å². The van der Waals surface area contributed by atoms with Crippen molar-refractivity contribution in [2.24, 2.45) is 23.1 Å². The highest BCUT2D eigenvalue weighted by molar-refractivity contribution is 5.51. The van der Waals surface area contributed by atoms with Crippen LogP contribution in [0.25, 0.3) is 0 Å². The number of benzene rings is 1. The summed E-state index contributed by atoms with van der Waals surface area (Å²) in [6.45, 7) is 0.841. The Morgan fingerprint density at radius 3 is 2.12 bits per heavy atom. The van der Waals surface area contributed by atoms with Crippen molar-refractivity contribution in [3.8, 4) is 5.75 Å². The zero-order chi connectivity index (χ0) is 22.7. The number of rotatable bonds is 5. The number of nitrogens with zero attached hydrogens (tertiary/aromatic N) is 3. The first kappa shape index (κ1) is 23.7. The molecule has 3 aliphatic rings. The summed E-state index contributed by atoms with van der Waals surface area (Å²) in [4.78, 5) is 6.35. The van der Waals surface area contributed by atoms with E-state index >= 15 is 0 Å². The molecule has 3 atom stereocenters. The van der Waals surface area contributed by atoms with Gasteiger partial charge in [-0.05, 0) is 43.7 Å². The van der Waals surface area contributed by atoms with E-state index in [-0.39, 0.29) is 12.0 Å². The van der Waals surface area contributed by atoms with Gasteiger partial charge in [-0.3, -0.25) is 11.5 Å². The minimum absolute atomic E-state index is 0.212. The Balaban J connectivity index is 1.66. The Bertz CT molecular complexity index is 737. The van der Waals surface area contributed by atoms with Gasteiger partial charge in [0.1, 0.15) is 18.9 Å². The average molecular weight is 449 g/mol. The molecule has 180 valence electrons. The molecule has 0 amide bonds. The van der Waals surface area contributed by atoms with Gasteiger partial charge in [0.15, 0.2) is 11.6 Å². The molecule has 0 bridgehead atoms. The standard InChI is InChI=1S/C24H41FN6O/c1-32-21-14-13-19(15-20(21)25)31-23(27)29(16-17-9-5-4-6-10-17)22(26)30(24(31)28)18-11-7-2-3-8-12-18/h13-15,17-18,22-24H,2-12,16,26-28H2,1H3. The molecule has 1 aromatic carbocycles. The zero-order valence-corrected chi connectivity index (χ0v) is 19.5. The molecule has 32 heavy (non-hydrogen) atoms. The maximum Gasteiger partial charge on any atom is 0.167 e. The summed E-state index contributed by atoms with van der Waals surface area (Å²) in [6.07, 6.45) is 11.9. The number of nitrogens with two attached hydrogens (primary N) is 3. The van der Waals surface area contributed by atoms with Crippen molar-refractivity contribution in [2.45, 2.75) is 95.5 Å². The van der Waals surface area contributed by atoms with Gasteiger partial charge in [-0.25, -0.2) is 14.2 Å². The number of ether oxygens (including phenoxy) is 1. The van der Waals surface area contributed by atoms with Gasteiger partial charge >= 0.3 is 0 Å². The van der Waals surface area contributed by atoms with E-state index in [0.717, 1.165) is 19.4 Å². The molecule has 1 saturated heterocycles. The Morgan fingerprint density at radius 2 is 1.50 bits per heavy atom. The molecule has 6 N–H and O–H groups in total. The minimum Gasteiger partial charge on any atom is -0.494 e. The number of methoxy groups -OCH3 is 1. The summed E-state index contributed by atoms with van der Waals surface area (Å²) in [5.74, 6) is 0.379. The Kier molecular flexibility index (Phi) is 7.89. The number of hydrogen-bond acceptors (Lipinski definition) is 7. The van der Waals surface area contributed by atoms with E-state index in [1.807, 2.05) is 11.0 Å². The predicted molar refractivity (Wildman–Crippen MR) is 126 cm³/mol. The van der Waals surface area contributed by atoms with E-state index in [2.05, 4.69) is 9.80 Å². The van der Waals surface area contributed by atoms with E-state index in [9.17, 15) is 4.39 Å². The molecular formula is C24H41FN6O. The fraction of sp³-hybridized carbons (Fsp3) is 0.750. The third-order valence-electron chi connectivity index (χ3n) is 7.73. The van der Waals surface area contributed by atoms with Gasteiger partial charge in [-0.15, -0.1) is 0 Å². The van der Waals surface area contributed by atoms with Gasteiger partial charge in [0, 0.05) is 24.3 Å². The van der Waals surface area contributed by atoms with Gasteiger partial charge in [0.25, 0.3) is 0 Å². The predicted octanol–water partition coefficient (Wildman–Crippen LogP) is 3.29. The Labute approximate surface area is 192 Å². The van der Waals surface area contributed by atoms with Crippen LogP contribution in [0.3, 0.4) is 0 Å². The first-order valence-electron chi connectivity index (χ1n) is 12.4. The van der Waals surface area contributed by atoms with Crippen molar-refractivity contribution in [1.29, 1.82) is 0 Å². The summed E-state index contributed by atoms with van der Waals surface area (Å²) >= 11 is 0. The van der Waals surface area contributed by atoms with E-state index < -0.39 is 18.4 Å². The van der Waals surface area contributed by atoms with Crippen LogP contribution in [0.5, 0.6) is 5.75 Å². The fourth-order valence-electron chi connectivity index (χ4n) is 5.94. The molecule has 1 aromatic rings. The van der Waals surface area contributed by atoms with Crippen molar-refractivity contribution in [2.75, 3.05) is 18.6 Å². The summed E-state index contributed by atoms with van der Waals surface area (Å²) in [5, 5.41) is 0. The lowest BCUT2D eigenvalue weighted by Gasteiger charge is -2.57.